The minimum Gasteiger partial charge on any atom is -0.493 e. The summed E-state index contributed by atoms with van der Waals surface area (Å²) in [6.07, 6.45) is 0.675. The first-order valence-corrected chi connectivity index (χ1v) is 5.81. The molecule has 0 unspecified atom stereocenters. The first-order valence-electron chi connectivity index (χ1n) is 5.81. The number of aryl methyl sites for hydroxylation is 1. The van der Waals surface area contributed by atoms with Crippen molar-refractivity contribution in [3.05, 3.63) is 29.3 Å². The van der Waals surface area contributed by atoms with Crippen LogP contribution in [0.4, 0.5) is 0 Å². The van der Waals surface area contributed by atoms with Gasteiger partial charge in [0.25, 0.3) is 0 Å². The van der Waals surface area contributed by atoms with Crippen LogP contribution in [0, 0.1) is 6.92 Å². The van der Waals surface area contributed by atoms with Crippen LogP contribution in [-0.4, -0.2) is 24.9 Å². The Morgan fingerprint density at radius 3 is 2.88 bits per heavy atom. The second-order valence-electron chi connectivity index (χ2n) is 3.82. The van der Waals surface area contributed by atoms with Gasteiger partial charge in [-0.3, -0.25) is 0 Å². The molecule has 90 valence electrons. The third-order valence-electron chi connectivity index (χ3n) is 2.34. The average molecular weight is 223 g/mol. The van der Waals surface area contributed by atoms with Crippen molar-refractivity contribution in [1.29, 1.82) is 0 Å². The summed E-state index contributed by atoms with van der Waals surface area (Å²) < 4.78 is 5.63. The van der Waals surface area contributed by atoms with E-state index in [0.29, 0.717) is 13.0 Å². The normalized spacial score (nSPS) is 10.4. The second-order valence-corrected chi connectivity index (χ2v) is 3.82. The number of nitrogens with one attached hydrogen (secondary N) is 1. The van der Waals surface area contributed by atoms with Crippen molar-refractivity contribution in [1.82, 2.24) is 5.32 Å². The highest BCUT2D eigenvalue weighted by molar-refractivity contribution is 5.36. The van der Waals surface area contributed by atoms with Crippen LogP contribution < -0.4 is 10.1 Å². The predicted octanol–water partition coefficient (Wildman–Crippen LogP) is 1.87. The van der Waals surface area contributed by atoms with Crippen molar-refractivity contribution in [2.45, 2.75) is 26.8 Å². The van der Waals surface area contributed by atoms with Crippen molar-refractivity contribution >= 4 is 0 Å². The number of benzene rings is 1. The van der Waals surface area contributed by atoms with Crippen LogP contribution in [0.25, 0.3) is 0 Å². The minimum absolute atomic E-state index is 0.175. The number of hydrogen-bond donors (Lipinski definition) is 2. The standard InChI is InChI=1S/C13H21NO2/c1-3-14-10-12-9-11(2)5-6-13(12)16-8-4-7-15/h5-6,9,14-15H,3-4,7-8,10H2,1-2H3. The summed E-state index contributed by atoms with van der Waals surface area (Å²) in [5.41, 5.74) is 2.42. The van der Waals surface area contributed by atoms with Crippen molar-refractivity contribution < 1.29 is 9.84 Å². The van der Waals surface area contributed by atoms with E-state index >= 15 is 0 Å². The van der Waals surface area contributed by atoms with Gasteiger partial charge in [0.15, 0.2) is 0 Å². The van der Waals surface area contributed by atoms with Gasteiger partial charge in [-0.15, -0.1) is 0 Å². The van der Waals surface area contributed by atoms with Gasteiger partial charge in [-0.1, -0.05) is 24.6 Å². The van der Waals surface area contributed by atoms with Gasteiger partial charge in [0.2, 0.25) is 0 Å². The molecule has 3 nitrogen and oxygen atoms in total. The van der Waals surface area contributed by atoms with Gasteiger partial charge in [0.05, 0.1) is 6.61 Å². The van der Waals surface area contributed by atoms with Crippen molar-refractivity contribution in [3.63, 3.8) is 0 Å². The Morgan fingerprint density at radius 2 is 2.19 bits per heavy atom. The van der Waals surface area contributed by atoms with Gasteiger partial charge in [0.1, 0.15) is 5.75 Å². The van der Waals surface area contributed by atoms with Crippen molar-refractivity contribution in [2.75, 3.05) is 19.8 Å². The summed E-state index contributed by atoms with van der Waals surface area (Å²) in [6.45, 7) is 6.68. The summed E-state index contributed by atoms with van der Waals surface area (Å²) >= 11 is 0. The zero-order chi connectivity index (χ0) is 11.8. The summed E-state index contributed by atoms with van der Waals surface area (Å²) in [5.74, 6) is 0.917. The van der Waals surface area contributed by atoms with Gasteiger partial charge in [-0.05, 0) is 19.5 Å². The molecule has 0 aliphatic rings. The van der Waals surface area contributed by atoms with Gasteiger partial charge < -0.3 is 15.2 Å². The molecule has 0 fully saturated rings. The lowest BCUT2D eigenvalue weighted by Crippen LogP contribution is -2.13. The summed E-state index contributed by atoms with van der Waals surface area (Å²) in [5, 5.41) is 12.0. The lowest BCUT2D eigenvalue weighted by molar-refractivity contribution is 0.232. The van der Waals surface area contributed by atoms with E-state index in [-0.39, 0.29) is 6.61 Å². The molecule has 3 heteroatoms. The van der Waals surface area contributed by atoms with Gasteiger partial charge in [-0.25, -0.2) is 0 Å². The Bertz CT molecular complexity index is 313. The monoisotopic (exact) mass is 223 g/mol. The maximum absolute atomic E-state index is 8.71. The largest absolute Gasteiger partial charge is 0.493 e. The highest BCUT2D eigenvalue weighted by atomic mass is 16.5. The Labute approximate surface area is 97.4 Å². The van der Waals surface area contributed by atoms with Crippen LogP contribution in [0.1, 0.15) is 24.5 Å². The molecule has 0 heterocycles. The molecule has 0 saturated carbocycles. The molecular formula is C13H21NO2. The Hall–Kier alpha value is -1.06. The lowest BCUT2D eigenvalue weighted by atomic mass is 10.1. The molecule has 0 aromatic heterocycles. The number of ether oxygens (including phenoxy) is 1. The fourth-order valence-corrected chi connectivity index (χ4v) is 1.49. The number of aliphatic hydroxyl groups is 1. The molecule has 0 atom stereocenters. The molecule has 1 rings (SSSR count). The van der Waals surface area contributed by atoms with Gasteiger partial charge >= 0.3 is 0 Å². The van der Waals surface area contributed by atoms with E-state index in [2.05, 4.69) is 25.2 Å². The third kappa shape index (κ3) is 4.21. The van der Waals surface area contributed by atoms with Crippen LogP contribution in [0.3, 0.4) is 0 Å². The zero-order valence-corrected chi connectivity index (χ0v) is 10.1. The molecule has 1 aromatic rings. The molecule has 16 heavy (non-hydrogen) atoms. The molecule has 0 amide bonds. The van der Waals surface area contributed by atoms with Crippen molar-refractivity contribution in [2.24, 2.45) is 0 Å². The average Bonchev–Trinajstić information content (AvgIpc) is 2.29. The van der Waals surface area contributed by atoms with E-state index in [1.807, 2.05) is 12.1 Å². The van der Waals surface area contributed by atoms with Crippen LogP contribution in [0.15, 0.2) is 18.2 Å². The molecule has 0 spiro atoms. The molecule has 0 aliphatic heterocycles. The lowest BCUT2D eigenvalue weighted by Gasteiger charge is -2.12. The van der Waals surface area contributed by atoms with E-state index in [4.69, 9.17) is 9.84 Å². The third-order valence-corrected chi connectivity index (χ3v) is 2.34. The van der Waals surface area contributed by atoms with Crippen molar-refractivity contribution in [3.8, 4) is 5.75 Å². The van der Waals surface area contributed by atoms with Gasteiger partial charge in [-0.2, -0.15) is 0 Å². The van der Waals surface area contributed by atoms with E-state index < -0.39 is 0 Å². The molecule has 0 radical (unpaired) electrons. The molecule has 0 aliphatic carbocycles. The molecule has 1 aromatic carbocycles. The van der Waals surface area contributed by atoms with E-state index in [0.717, 1.165) is 18.8 Å². The van der Waals surface area contributed by atoms with Crippen LogP contribution in [0.5, 0.6) is 5.75 Å². The fourth-order valence-electron chi connectivity index (χ4n) is 1.49. The SMILES string of the molecule is CCNCc1cc(C)ccc1OCCCO. The van der Waals surface area contributed by atoms with E-state index in [9.17, 15) is 0 Å². The topological polar surface area (TPSA) is 41.5 Å². The smallest absolute Gasteiger partial charge is 0.123 e. The highest BCUT2D eigenvalue weighted by Gasteiger charge is 2.03. The first kappa shape index (κ1) is 13.0. The number of rotatable bonds is 7. The fraction of sp³-hybridized carbons (Fsp3) is 0.538. The second kappa shape index (κ2) is 7.25. The maximum atomic E-state index is 8.71. The van der Waals surface area contributed by atoms with E-state index in [1.165, 1.54) is 11.1 Å². The summed E-state index contributed by atoms with van der Waals surface area (Å²) in [4.78, 5) is 0. The first-order chi connectivity index (χ1) is 7.77. The van der Waals surface area contributed by atoms with Crippen LogP contribution >= 0.6 is 0 Å². The Morgan fingerprint density at radius 1 is 1.38 bits per heavy atom. The predicted molar refractivity (Wildman–Crippen MR) is 65.8 cm³/mol. The Balaban J connectivity index is 2.64. The minimum atomic E-state index is 0.175. The zero-order valence-electron chi connectivity index (χ0n) is 10.1. The molecular weight excluding hydrogens is 202 g/mol. The number of hydrogen-bond acceptors (Lipinski definition) is 3. The number of aliphatic hydroxyl groups excluding tert-OH is 1. The molecule has 0 bridgehead atoms. The Kier molecular flexibility index (Phi) is 5.90. The van der Waals surface area contributed by atoms with E-state index in [1.54, 1.807) is 0 Å². The molecule has 2 N–H and O–H groups in total. The van der Waals surface area contributed by atoms with Gasteiger partial charge in [0, 0.05) is 25.1 Å². The summed E-state index contributed by atoms with van der Waals surface area (Å²) in [7, 11) is 0. The quantitative estimate of drug-likeness (QED) is 0.693. The highest BCUT2D eigenvalue weighted by Crippen LogP contribution is 2.20. The summed E-state index contributed by atoms with van der Waals surface area (Å²) in [6, 6.07) is 6.18. The molecule has 0 saturated heterocycles. The van der Waals surface area contributed by atoms with Crippen LogP contribution in [0.2, 0.25) is 0 Å². The van der Waals surface area contributed by atoms with Crippen LogP contribution in [-0.2, 0) is 6.54 Å². The maximum Gasteiger partial charge on any atom is 0.123 e.